The maximum atomic E-state index is 12.6. The summed E-state index contributed by atoms with van der Waals surface area (Å²) in [5.74, 6) is 0.722. The van der Waals surface area contributed by atoms with Crippen LogP contribution in [0.1, 0.15) is 36.1 Å². The highest BCUT2D eigenvalue weighted by atomic mass is 16.1. The lowest BCUT2D eigenvalue weighted by molar-refractivity contribution is 0.0990. The van der Waals surface area contributed by atoms with E-state index in [0.29, 0.717) is 11.4 Å². The number of hydrogen-bond donors (Lipinski definition) is 0. The van der Waals surface area contributed by atoms with Crippen LogP contribution >= 0.6 is 0 Å². The van der Waals surface area contributed by atoms with Crippen molar-refractivity contribution in [2.75, 3.05) is 0 Å². The number of rotatable bonds is 4. The van der Waals surface area contributed by atoms with Crippen molar-refractivity contribution in [1.82, 2.24) is 19.7 Å². The van der Waals surface area contributed by atoms with Gasteiger partial charge in [-0.2, -0.15) is 5.10 Å². The van der Waals surface area contributed by atoms with Gasteiger partial charge in [0.1, 0.15) is 12.2 Å². The molecule has 5 heteroatoms. The SMILES string of the molecule is CC(C)n1ncnc1CC(=O)c1cccc2ncccc12. The highest BCUT2D eigenvalue weighted by molar-refractivity contribution is 6.07. The normalized spacial score (nSPS) is 11.2. The molecule has 0 aliphatic rings. The fourth-order valence-corrected chi connectivity index (χ4v) is 2.42. The molecular weight excluding hydrogens is 264 g/mol. The molecule has 0 unspecified atom stereocenters. The summed E-state index contributed by atoms with van der Waals surface area (Å²) in [5, 5.41) is 5.04. The maximum absolute atomic E-state index is 12.6. The van der Waals surface area contributed by atoms with E-state index in [1.54, 1.807) is 10.9 Å². The van der Waals surface area contributed by atoms with E-state index < -0.39 is 0 Å². The number of benzene rings is 1. The minimum atomic E-state index is 0.0310. The van der Waals surface area contributed by atoms with Crippen LogP contribution in [0, 0.1) is 0 Å². The standard InChI is InChI=1S/C16H16N4O/c1-11(2)20-16(18-10-19-20)9-15(21)13-5-3-7-14-12(13)6-4-8-17-14/h3-8,10-11H,9H2,1-2H3. The number of fused-ring (bicyclic) bond motifs is 1. The molecule has 0 bridgehead atoms. The Hall–Kier alpha value is -2.56. The Morgan fingerprint density at radius 2 is 2.05 bits per heavy atom. The zero-order valence-electron chi connectivity index (χ0n) is 12.0. The summed E-state index contributed by atoms with van der Waals surface area (Å²) in [6, 6.07) is 9.55. The fraction of sp³-hybridized carbons (Fsp3) is 0.250. The van der Waals surface area contributed by atoms with Crippen LogP contribution in [-0.4, -0.2) is 25.5 Å². The van der Waals surface area contributed by atoms with Gasteiger partial charge in [-0.1, -0.05) is 18.2 Å². The number of carbonyl (C=O) groups is 1. The highest BCUT2D eigenvalue weighted by Crippen LogP contribution is 2.18. The van der Waals surface area contributed by atoms with Crippen LogP contribution < -0.4 is 0 Å². The van der Waals surface area contributed by atoms with E-state index in [-0.39, 0.29) is 18.2 Å². The summed E-state index contributed by atoms with van der Waals surface area (Å²) in [7, 11) is 0. The molecular formula is C16H16N4O. The molecule has 5 nitrogen and oxygen atoms in total. The lowest BCUT2D eigenvalue weighted by atomic mass is 10.0. The molecule has 0 fully saturated rings. The molecule has 1 aromatic carbocycles. The van der Waals surface area contributed by atoms with Gasteiger partial charge in [0.25, 0.3) is 0 Å². The zero-order valence-corrected chi connectivity index (χ0v) is 12.0. The molecule has 0 amide bonds. The second-order valence-corrected chi connectivity index (χ2v) is 5.19. The Bertz CT molecular complexity index is 786. The van der Waals surface area contributed by atoms with Crippen molar-refractivity contribution in [3.05, 3.63) is 54.2 Å². The molecule has 0 spiro atoms. The molecule has 3 rings (SSSR count). The van der Waals surface area contributed by atoms with E-state index in [2.05, 4.69) is 15.1 Å². The van der Waals surface area contributed by atoms with Gasteiger partial charge >= 0.3 is 0 Å². The lowest BCUT2D eigenvalue weighted by Crippen LogP contribution is -2.13. The molecule has 0 aliphatic carbocycles. The van der Waals surface area contributed by atoms with Crippen LogP contribution in [0.4, 0.5) is 0 Å². The molecule has 0 atom stereocenters. The smallest absolute Gasteiger partial charge is 0.171 e. The number of aromatic nitrogens is 4. The van der Waals surface area contributed by atoms with Crippen LogP contribution in [0.25, 0.3) is 10.9 Å². The van der Waals surface area contributed by atoms with Crippen molar-refractivity contribution in [3.8, 4) is 0 Å². The minimum absolute atomic E-state index is 0.0310. The van der Waals surface area contributed by atoms with Crippen molar-refractivity contribution in [2.45, 2.75) is 26.3 Å². The van der Waals surface area contributed by atoms with E-state index in [1.165, 1.54) is 6.33 Å². The number of carbonyl (C=O) groups excluding carboxylic acids is 1. The van der Waals surface area contributed by atoms with E-state index in [4.69, 9.17) is 0 Å². The third kappa shape index (κ3) is 2.54. The first kappa shape index (κ1) is 13.4. The van der Waals surface area contributed by atoms with E-state index >= 15 is 0 Å². The van der Waals surface area contributed by atoms with Gasteiger partial charge in [0.15, 0.2) is 5.78 Å². The largest absolute Gasteiger partial charge is 0.294 e. The predicted octanol–water partition coefficient (Wildman–Crippen LogP) is 2.83. The summed E-state index contributed by atoms with van der Waals surface area (Å²) in [4.78, 5) is 21.1. The Labute approximate surface area is 122 Å². The number of Topliss-reactive ketones (excluding diaryl/α,β-unsaturated/α-hetero) is 1. The summed E-state index contributed by atoms with van der Waals surface area (Å²) in [5.41, 5.74) is 1.51. The number of nitrogens with zero attached hydrogens (tertiary/aromatic N) is 4. The van der Waals surface area contributed by atoms with Crippen LogP contribution in [-0.2, 0) is 6.42 Å². The molecule has 3 aromatic rings. The zero-order chi connectivity index (χ0) is 14.8. The average molecular weight is 280 g/mol. The molecule has 0 saturated heterocycles. The van der Waals surface area contributed by atoms with Crippen LogP contribution in [0.3, 0.4) is 0 Å². The van der Waals surface area contributed by atoms with Crippen LogP contribution in [0.2, 0.25) is 0 Å². The number of pyridine rings is 1. The number of ketones is 1. The van der Waals surface area contributed by atoms with E-state index in [0.717, 1.165) is 10.9 Å². The second-order valence-electron chi connectivity index (χ2n) is 5.19. The monoisotopic (exact) mass is 280 g/mol. The van der Waals surface area contributed by atoms with Gasteiger partial charge < -0.3 is 0 Å². The highest BCUT2D eigenvalue weighted by Gasteiger charge is 2.15. The molecule has 0 aliphatic heterocycles. The van der Waals surface area contributed by atoms with Crippen LogP contribution in [0.15, 0.2) is 42.9 Å². The second kappa shape index (κ2) is 5.44. The topological polar surface area (TPSA) is 60.7 Å². The van der Waals surface area contributed by atoms with Crippen molar-refractivity contribution < 1.29 is 4.79 Å². The van der Waals surface area contributed by atoms with Gasteiger partial charge in [0, 0.05) is 23.2 Å². The Balaban J connectivity index is 1.96. The Morgan fingerprint density at radius 3 is 2.86 bits per heavy atom. The summed E-state index contributed by atoms with van der Waals surface area (Å²) >= 11 is 0. The average Bonchev–Trinajstić information content (AvgIpc) is 2.95. The van der Waals surface area contributed by atoms with E-state index in [9.17, 15) is 4.79 Å². The molecule has 21 heavy (non-hydrogen) atoms. The first-order chi connectivity index (χ1) is 10.2. The quantitative estimate of drug-likeness (QED) is 0.689. The minimum Gasteiger partial charge on any atom is -0.294 e. The Morgan fingerprint density at radius 1 is 1.19 bits per heavy atom. The van der Waals surface area contributed by atoms with Gasteiger partial charge in [0.05, 0.1) is 11.9 Å². The number of hydrogen-bond acceptors (Lipinski definition) is 4. The van der Waals surface area contributed by atoms with Gasteiger partial charge in [-0.05, 0) is 26.0 Å². The lowest BCUT2D eigenvalue weighted by Gasteiger charge is -2.09. The summed E-state index contributed by atoms with van der Waals surface area (Å²) < 4.78 is 1.78. The van der Waals surface area contributed by atoms with Crippen molar-refractivity contribution in [1.29, 1.82) is 0 Å². The Kier molecular flexibility index (Phi) is 3.48. The molecule has 0 radical (unpaired) electrons. The first-order valence-electron chi connectivity index (χ1n) is 6.92. The molecule has 2 aromatic heterocycles. The molecule has 0 saturated carbocycles. The molecule has 0 N–H and O–H groups in total. The molecule has 106 valence electrons. The van der Waals surface area contributed by atoms with Gasteiger partial charge in [-0.3, -0.25) is 9.78 Å². The van der Waals surface area contributed by atoms with Crippen molar-refractivity contribution in [2.24, 2.45) is 0 Å². The van der Waals surface area contributed by atoms with Crippen LogP contribution in [0.5, 0.6) is 0 Å². The maximum Gasteiger partial charge on any atom is 0.171 e. The summed E-state index contributed by atoms with van der Waals surface area (Å²) in [6.07, 6.45) is 3.46. The van der Waals surface area contributed by atoms with Crippen molar-refractivity contribution >= 4 is 16.7 Å². The fourth-order valence-electron chi connectivity index (χ4n) is 2.42. The first-order valence-corrected chi connectivity index (χ1v) is 6.92. The van der Waals surface area contributed by atoms with Gasteiger partial charge in [-0.25, -0.2) is 9.67 Å². The van der Waals surface area contributed by atoms with Crippen molar-refractivity contribution in [3.63, 3.8) is 0 Å². The predicted molar refractivity (Wildman–Crippen MR) is 80.2 cm³/mol. The third-order valence-corrected chi connectivity index (χ3v) is 3.40. The van der Waals surface area contributed by atoms with E-state index in [1.807, 2.05) is 44.2 Å². The molecule has 2 heterocycles. The summed E-state index contributed by atoms with van der Waals surface area (Å²) in [6.45, 7) is 4.04. The van der Waals surface area contributed by atoms with Gasteiger partial charge in [0.2, 0.25) is 0 Å². The third-order valence-electron chi connectivity index (χ3n) is 3.40. The van der Waals surface area contributed by atoms with Gasteiger partial charge in [-0.15, -0.1) is 0 Å².